The molecule has 0 radical (unpaired) electrons. The fourth-order valence-electron chi connectivity index (χ4n) is 1.18. The van der Waals surface area contributed by atoms with E-state index < -0.39 is 5.97 Å². The molecule has 0 N–H and O–H groups in total. The van der Waals surface area contributed by atoms with E-state index in [4.69, 9.17) is 5.26 Å². The summed E-state index contributed by atoms with van der Waals surface area (Å²) < 4.78 is 4.58. The standard InChI is InChI=1S/C13H16N2O2S/c1-8(2)9(3)18-12-6-5-10(13(16)17-4)15-11(12)7-14/h5-6,8-9H,1-4H3/t9-/m1/s1. The molecule has 18 heavy (non-hydrogen) atoms. The zero-order chi connectivity index (χ0) is 13.7. The molecule has 4 nitrogen and oxygen atoms in total. The molecule has 0 aromatic carbocycles. The average Bonchev–Trinajstić information content (AvgIpc) is 2.37. The summed E-state index contributed by atoms with van der Waals surface area (Å²) in [6.07, 6.45) is 0. The van der Waals surface area contributed by atoms with Crippen LogP contribution in [-0.2, 0) is 4.74 Å². The Hall–Kier alpha value is -1.54. The lowest BCUT2D eigenvalue weighted by Gasteiger charge is -2.15. The van der Waals surface area contributed by atoms with E-state index in [2.05, 4.69) is 30.5 Å². The molecule has 1 rings (SSSR count). The van der Waals surface area contributed by atoms with Crippen LogP contribution in [0, 0.1) is 17.2 Å². The number of carbonyl (C=O) groups is 1. The fraction of sp³-hybridized carbons (Fsp3) is 0.462. The lowest BCUT2D eigenvalue weighted by molar-refractivity contribution is 0.0594. The van der Waals surface area contributed by atoms with Crippen molar-refractivity contribution in [2.75, 3.05) is 7.11 Å². The van der Waals surface area contributed by atoms with Crippen LogP contribution >= 0.6 is 11.8 Å². The van der Waals surface area contributed by atoms with Gasteiger partial charge >= 0.3 is 5.97 Å². The van der Waals surface area contributed by atoms with E-state index >= 15 is 0 Å². The molecular formula is C13H16N2O2S. The second-order valence-electron chi connectivity index (χ2n) is 4.21. The van der Waals surface area contributed by atoms with Crippen LogP contribution in [0.5, 0.6) is 0 Å². The summed E-state index contributed by atoms with van der Waals surface area (Å²) >= 11 is 1.59. The Labute approximate surface area is 111 Å². The predicted octanol–water partition coefficient (Wildman–Crippen LogP) is 2.88. The Kier molecular flexibility index (Phi) is 5.17. The highest BCUT2D eigenvalue weighted by Crippen LogP contribution is 2.29. The van der Waals surface area contributed by atoms with Crippen molar-refractivity contribution in [2.24, 2.45) is 5.92 Å². The first-order valence-corrected chi connectivity index (χ1v) is 6.53. The second-order valence-corrected chi connectivity index (χ2v) is 5.63. The van der Waals surface area contributed by atoms with Crippen molar-refractivity contribution in [3.63, 3.8) is 0 Å². The molecule has 0 amide bonds. The summed E-state index contributed by atoms with van der Waals surface area (Å²) in [6, 6.07) is 5.36. The molecule has 0 unspecified atom stereocenters. The highest BCUT2D eigenvalue weighted by Gasteiger charge is 2.15. The number of hydrogen-bond donors (Lipinski definition) is 0. The zero-order valence-corrected chi connectivity index (χ0v) is 11.7. The summed E-state index contributed by atoms with van der Waals surface area (Å²) in [4.78, 5) is 16.1. The fourth-order valence-corrected chi connectivity index (χ4v) is 2.20. The van der Waals surface area contributed by atoms with Crippen molar-refractivity contribution in [3.8, 4) is 6.07 Å². The normalized spacial score (nSPS) is 12.0. The molecule has 0 bridgehead atoms. The number of esters is 1. The Morgan fingerprint density at radius 3 is 2.61 bits per heavy atom. The third-order valence-electron chi connectivity index (χ3n) is 2.61. The van der Waals surface area contributed by atoms with Gasteiger partial charge in [-0.05, 0) is 18.1 Å². The van der Waals surface area contributed by atoms with Crippen LogP contribution < -0.4 is 0 Å². The van der Waals surface area contributed by atoms with Gasteiger partial charge in [0.1, 0.15) is 11.8 Å². The minimum Gasteiger partial charge on any atom is -0.464 e. The minimum atomic E-state index is -0.528. The van der Waals surface area contributed by atoms with Gasteiger partial charge in [0, 0.05) is 10.1 Å². The highest BCUT2D eigenvalue weighted by molar-refractivity contribution is 8.00. The number of methoxy groups -OCH3 is 1. The molecule has 0 spiro atoms. The molecule has 5 heteroatoms. The number of hydrogen-bond acceptors (Lipinski definition) is 5. The molecule has 96 valence electrons. The van der Waals surface area contributed by atoms with Gasteiger partial charge < -0.3 is 4.74 Å². The number of ether oxygens (including phenoxy) is 1. The highest BCUT2D eigenvalue weighted by atomic mass is 32.2. The van der Waals surface area contributed by atoms with Crippen LogP contribution in [0.1, 0.15) is 37.0 Å². The minimum absolute atomic E-state index is 0.163. The molecule has 1 heterocycles. The molecule has 0 fully saturated rings. The van der Waals surface area contributed by atoms with E-state index in [-0.39, 0.29) is 11.4 Å². The van der Waals surface area contributed by atoms with E-state index in [1.807, 2.05) is 6.07 Å². The molecule has 1 aromatic heterocycles. The summed E-state index contributed by atoms with van der Waals surface area (Å²) in [5, 5.41) is 9.45. The van der Waals surface area contributed by atoms with Crippen LogP contribution in [0.25, 0.3) is 0 Å². The maximum atomic E-state index is 11.3. The number of aromatic nitrogens is 1. The smallest absolute Gasteiger partial charge is 0.356 e. The van der Waals surface area contributed by atoms with Crippen molar-refractivity contribution in [3.05, 3.63) is 23.5 Å². The number of thioether (sulfide) groups is 1. The number of nitrogens with zero attached hydrogens (tertiary/aromatic N) is 2. The quantitative estimate of drug-likeness (QED) is 0.618. The van der Waals surface area contributed by atoms with Gasteiger partial charge in [0.15, 0.2) is 5.69 Å². The van der Waals surface area contributed by atoms with E-state index in [1.54, 1.807) is 23.9 Å². The summed E-state index contributed by atoms with van der Waals surface area (Å²) in [5.74, 6) is -0.0261. The van der Waals surface area contributed by atoms with E-state index in [1.165, 1.54) is 7.11 Å². The predicted molar refractivity (Wildman–Crippen MR) is 70.4 cm³/mol. The van der Waals surface area contributed by atoms with Crippen LogP contribution in [0.2, 0.25) is 0 Å². The zero-order valence-electron chi connectivity index (χ0n) is 10.9. The summed E-state index contributed by atoms with van der Waals surface area (Å²) in [6.45, 7) is 6.35. The van der Waals surface area contributed by atoms with E-state index in [0.717, 1.165) is 4.90 Å². The number of carbonyl (C=O) groups excluding carboxylic acids is 1. The third kappa shape index (κ3) is 3.47. The van der Waals surface area contributed by atoms with Gasteiger partial charge in [0.2, 0.25) is 0 Å². The molecule has 0 aliphatic heterocycles. The lowest BCUT2D eigenvalue weighted by atomic mass is 10.2. The van der Waals surface area contributed by atoms with Crippen LogP contribution in [0.15, 0.2) is 17.0 Å². The monoisotopic (exact) mass is 264 g/mol. The molecule has 0 saturated heterocycles. The summed E-state index contributed by atoms with van der Waals surface area (Å²) in [7, 11) is 1.29. The van der Waals surface area contributed by atoms with Gasteiger partial charge in [-0.15, -0.1) is 11.8 Å². The Morgan fingerprint density at radius 2 is 2.11 bits per heavy atom. The van der Waals surface area contributed by atoms with Gasteiger partial charge in [-0.2, -0.15) is 5.26 Å². The first-order chi connectivity index (χ1) is 8.49. The van der Waals surface area contributed by atoms with Crippen LogP contribution in [-0.4, -0.2) is 23.3 Å². The van der Waals surface area contributed by atoms with Crippen LogP contribution in [0.3, 0.4) is 0 Å². The molecule has 0 aliphatic rings. The first kappa shape index (κ1) is 14.5. The van der Waals surface area contributed by atoms with Crippen molar-refractivity contribution in [1.29, 1.82) is 5.26 Å². The molecule has 1 aromatic rings. The number of nitriles is 1. The topological polar surface area (TPSA) is 63.0 Å². The first-order valence-electron chi connectivity index (χ1n) is 5.65. The molecule has 1 atom stereocenters. The van der Waals surface area contributed by atoms with Crippen molar-refractivity contribution >= 4 is 17.7 Å². The number of pyridine rings is 1. The van der Waals surface area contributed by atoms with Crippen molar-refractivity contribution in [1.82, 2.24) is 4.98 Å². The third-order valence-corrected chi connectivity index (χ3v) is 4.11. The Balaban J connectivity index is 3.02. The van der Waals surface area contributed by atoms with Crippen LogP contribution in [0.4, 0.5) is 0 Å². The SMILES string of the molecule is COC(=O)c1ccc(S[C@H](C)C(C)C)c(C#N)n1. The van der Waals surface area contributed by atoms with Crippen molar-refractivity contribution in [2.45, 2.75) is 30.9 Å². The van der Waals surface area contributed by atoms with Gasteiger partial charge in [-0.3, -0.25) is 0 Å². The Bertz CT molecular complexity index is 480. The molecular weight excluding hydrogens is 248 g/mol. The maximum Gasteiger partial charge on any atom is 0.356 e. The largest absolute Gasteiger partial charge is 0.464 e. The average molecular weight is 264 g/mol. The van der Waals surface area contributed by atoms with Gasteiger partial charge in [0.05, 0.1) is 7.11 Å². The maximum absolute atomic E-state index is 11.3. The number of rotatable bonds is 4. The van der Waals surface area contributed by atoms with E-state index in [0.29, 0.717) is 11.2 Å². The van der Waals surface area contributed by atoms with Gasteiger partial charge in [0.25, 0.3) is 0 Å². The molecule has 0 aliphatic carbocycles. The second kappa shape index (κ2) is 6.41. The van der Waals surface area contributed by atoms with Crippen molar-refractivity contribution < 1.29 is 9.53 Å². The lowest BCUT2D eigenvalue weighted by Crippen LogP contribution is -2.08. The van der Waals surface area contributed by atoms with Gasteiger partial charge in [-0.1, -0.05) is 20.8 Å². The summed E-state index contributed by atoms with van der Waals surface area (Å²) in [5.41, 5.74) is 0.436. The van der Waals surface area contributed by atoms with E-state index in [9.17, 15) is 4.79 Å². The molecule has 0 saturated carbocycles. The Morgan fingerprint density at radius 1 is 1.44 bits per heavy atom. The van der Waals surface area contributed by atoms with Gasteiger partial charge in [-0.25, -0.2) is 9.78 Å².